The number of hydrogen-bond donors (Lipinski definition) is 1. The van der Waals surface area contributed by atoms with Crippen LogP contribution in [-0.4, -0.2) is 57.7 Å². The van der Waals surface area contributed by atoms with Crippen molar-refractivity contribution in [3.63, 3.8) is 0 Å². The van der Waals surface area contributed by atoms with Crippen molar-refractivity contribution in [3.8, 4) is 5.75 Å². The molecule has 1 amide bonds. The first kappa shape index (κ1) is 23.4. The van der Waals surface area contributed by atoms with E-state index in [0.717, 1.165) is 54.7 Å². The molecule has 0 saturated carbocycles. The molecule has 37 heavy (non-hydrogen) atoms. The molecule has 4 heterocycles. The minimum atomic E-state index is -0.00686. The summed E-state index contributed by atoms with van der Waals surface area (Å²) in [7, 11) is 0. The van der Waals surface area contributed by atoms with Crippen molar-refractivity contribution in [2.45, 2.75) is 25.9 Å². The number of nitrogens with one attached hydrogen (secondary N) is 1. The summed E-state index contributed by atoms with van der Waals surface area (Å²) in [5.41, 5.74) is 4.58. The predicted octanol–water partition coefficient (Wildman–Crippen LogP) is 4.69. The normalized spacial score (nSPS) is 18.2. The summed E-state index contributed by atoms with van der Waals surface area (Å²) in [6, 6.07) is 17.7. The number of fused-ring (bicyclic) bond motifs is 2. The number of Topliss-reactive ketones (excluding diaryl/α,β-unsaturated/α-hetero) is 1. The number of ether oxygens (including phenoxy) is 1. The number of nitrogens with zero attached hydrogens (tertiary/aromatic N) is 3. The summed E-state index contributed by atoms with van der Waals surface area (Å²) < 4.78 is 6.00. The van der Waals surface area contributed by atoms with Crippen LogP contribution in [-0.2, 0) is 13.1 Å². The van der Waals surface area contributed by atoms with Crippen LogP contribution in [0.5, 0.6) is 5.75 Å². The van der Waals surface area contributed by atoms with Crippen molar-refractivity contribution in [2.75, 3.05) is 26.2 Å². The lowest BCUT2D eigenvalue weighted by atomic mass is 9.90. The third kappa shape index (κ3) is 5.00. The van der Waals surface area contributed by atoms with Crippen LogP contribution < -0.4 is 4.74 Å². The Balaban J connectivity index is 1.15. The molecule has 7 nitrogen and oxygen atoms in total. The number of benzene rings is 2. The maximum atomic E-state index is 13.4. The highest BCUT2D eigenvalue weighted by Gasteiger charge is 2.27. The van der Waals surface area contributed by atoms with E-state index in [2.05, 4.69) is 27.0 Å². The van der Waals surface area contributed by atoms with Gasteiger partial charge in [-0.2, -0.15) is 0 Å². The Kier molecular flexibility index (Phi) is 6.45. The summed E-state index contributed by atoms with van der Waals surface area (Å²) in [4.78, 5) is 37.9. The Hall–Kier alpha value is -3.97. The number of carbonyl (C=O) groups is 2. The molecular formula is C30H30N4O3. The molecule has 0 aliphatic carbocycles. The number of amides is 1. The number of aromatic nitrogens is 2. The van der Waals surface area contributed by atoms with E-state index < -0.39 is 0 Å². The summed E-state index contributed by atoms with van der Waals surface area (Å²) in [6.07, 6.45) is 7.15. The first-order valence-electron chi connectivity index (χ1n) is 12.9. The van der Waals surface area contributed by atoms with Crippen molar-refractivity contribution in [3.05, 3.63) is 95.4 Å². The van der Waals surface area contributed by atoms with Crippen LogP contribution in [0.2, 0.25) is 0 Å². The van der Waals surface area contributed by atoms with Crippen LogP contribution in [0.25, 0.3) is 10.9 Å². The number of piperidine rings is 1. The monoisotopic (exact) mass is 494 g/mol. The van der Waals surface area contributed by atoms with Gasteiger partial charge < -0.3 is 14.6 Å². The molecule has 2 aliphatic rings. The second-order valence-corrected chi connectivity index (χ2v) is 9.98. The first-order valence-corrected chi connectivity index (χ1v) is 12.9. The van der Waals surface area contributed by atoms with Gasteiger partial charge in [0.15, 0.2) is 5.78 Å². The molecule has 2 aliphatic heterocycles. The molecule has 2 aromatic heterocycles. The van der Waals surface area contributed by atoms with Crippen LogP contribution in [0.3, 0.4) is 0 Å². The van der Waals surface area contributed by atoms with E-state index in [0.29, 0.717) is 30.8 Å². The molecule has 7 heteroatoms. The van der Waals surface area contributed by atoms with E-state index in [4.69, 9.17) is 4.74 Å². The predicted molar refractivity (Wildman–Crippen MR) is 142 cm³/mol. The Labute approximate surface area is 216 Å². The van der Waals surface area contributed by atoms with Crippen molar-refractivity contribution in [1.29, 1.82) is 0 Å². The molecule has 0 spiro atoms. The number of hydrogen-bond acceptors (Lipinski definition) is 5. The average Bonchev–Trinajstić information content (AvgIpc) is 3.31. The Morgan fingerprint density at radius 2 is 2.00 bits per heavy atom. The SMILES string of the molecule is O=C(c1cccnc1)[C@@H]1CCCN(Cc2ccc3c(c2)CN(C(=O)c2ccc4[nH]ccc4c2)CCO3)C1. The molecule has 1 saturated heterocycles. The zero-order valence-electron chi connectivity index (χ0n) is 20.7. The molecule has 0 radical (unpaired) electrons. The van der Waals surface area contributed by atoms with Crippen molar-refractivity contribution in [1.82, 2.24) is 19.8 Å². The van der Waals surface area contributed by atoms with Gasteiger partial charge in [0, 0.05) is 71.7 Å². The number of H-pyrrole nitrogens is 1. The van der Waals surface area contributed by atoms with Crippen LogP contribution in [0.4, 0.5) is 0 Å². The van der Waals surface area contributed by atoms with Gasteiger partial charge in [-0.3, -0.25) is 19.5 Å². The molecule has 1 fully saturated rings. The van der Waals surface area contributed by atoms with Gasteiger partial charge in [0.2, 0.25) is 0 Å². The maximum Gasteiger partial charge on any atom is 0.254 e. The molecule has 1 atom stereocenters. The van der Waals surface area contributed by atoms with Crippen LogP contribution in [0.15, 0.2) is 73.2 Å². The Morgan fingerprint density at radius 3 is 2.89 bits per heavy atom. The van der Waals surface area contributed by atoms with Crippen molar-refractivity contribution in [2.24, 2.45) is 5.92 Å². The standard InChI is InChI=1S/C30H30N4O3/c35-29(24-3-1-10-31-17-24)25-4-2-12-33(19-25)18-21-5-8-28-26(15-21)20-34(13-14-37-28)30(36)23-6-7-27-22(16-23)9-11-32-27/h1,3,5-11,15-17,25,32H,2,4,12-14,18-20H2/t25-/m1/s1. The van der Waals surface area contributed by atoms with Crippen LogP contribution >= 0.6 is 0 Å². The van der Waals surface area contributed by atoms with Gasteiger partial charge >= 0.3 is 0 Å². The van der Waals surface area contributed by atoms with Crippen LogP contribution in [0.1, 0.15) is 44.7 Å². The zero-order chi connectivity index (χ0) is 25.2. The van der Waals surface area contributed by atoms with E-state index in [9.17, 15) is 9.59 Å². The smallest absolute Gasteiger partial charge is 0.254 e. The molecule has 6 rings (SSSR count). The topological polar surface area (TPSA) is 78.5 Å². The minimum absolute atomic E-state index is 0.00686. The molecule has 0 bridgehead atoms. The van der Waals surface area contributed by atoms with Gasteiger partial charge in [0.1, 0.15) is 12.4 Å². The number of pyridine rings is 1. The molecule has 2 aromatic carbocycles. The van der Waals surface area contributed by atoms with E-state index in [1.54, 1.807) is 12.4 Å². The van der Waals surface area contributed by atoms with E-state index in [-0.39, 0.29) is 17.6 Å². The summed E-state index contributed by atoms with van der Waals surface area (Å²) in [5.74, 6) is 1.02. The average molecular weight is 495 g/mol. The van der Waals surface area contributed by atoms with Gasteiger partial charge in [-0.1, -0.05) is 6.07 Å². The van der Waals surface area contributed by atoms with E-state index in [1.807, 2.05) is 53.6 Å². The second kappa shape index (κ2) is 10.2. The van der Waals surface area contributed by atoms with E-state index in [1.165, 1.54) is 5.56 Å². The second-order valence-electron chi connectivity index (χ2n) is 9.98. The number of carbonyl (C=O) groups excluding carboxylic acids is 2. The summed E-state index contributed by atoms with van der Waals surface area (Å²) in [5, 5.41) is 1.03. The number of aromatic amines is 1. The molecule has 4 aromatic rings. The van der Waals surface area contributed by atoms with Crippen molar-refractivity contribution >= 4 is 22.6 Å². The van der Waals surface area contributed by atoms with Crippen LogP contribution in [0, 0.1) is 5.92 Å². The lowest BCUT2D eigenvalue weighted by molar-refractivity contribution is 0.0733. The highest BCUT2D eigenvalue weighted by atomic mass is 16.5. The van der Waals surface area contributed by atoms with E-state index >= 15 is 0 Å². The Morgan fingerprint density at radius 1 is 1.05 bits per heavy atom. The quantitative estimate of drug-likeness (QED) is 0.407. The van der Waals surface area contributed by atoms with Gasteiger partial charge in [-0.25, -0.2) is 0 Å². The largest absolute Gasteiger partial charge is 0.491 e. The number of likely N-dealkylation sites (tertiary alicyclic amines) is 1. The van der Waals surface area contributed by atoms with Gasteiger partial charge in [-0.05, 0) is 73.5 Å². The fourth-order valence-corrected chi connectivity index (χ4v) is 5.50. The third-order valence-electron chi connectivity index (χ3n) is 7.42. The summed E-state index contributed by atoms with van der Waals surface area (Å²) in [6.45, 7) is 3.99. The molecule has 188 valence electrons. The molecule has 0 unspecified atom stereocenters. The number of ketones is 1. The summed E-state index contributed by atoms with van der Waals surface area (Å²) >= 11 is 0. The lowest BCUT2D eigenvalue weighted by Crippen LogP contribution is -2.38. The highest BCUT2D eigenvalue weighted by Crippen LogP contribution is 2.28. The molecular weight excluding hydrogens is 464 g/mol. The molecule has 1 N–H and O–H groups in total. The first-order chi connectivity index (χ1) is 18.1. The lowest BCUT2D eigenvalue weighted by Gasteiger charge is -2.32. The fourth-order valence-electron chi connectivity index (χ4n) is 5.50. The van der Waals surface area contributed by atoms with Gasteiger partial charge in [-0.15, -0.1) is 0 Å². The number of rotatable bonds is 5. The van der Waals surface area contributed by atoms with Crippen molar-refractivity contribution < 1.29 is 14.3 Å². The van der Waals surface area contributed by atoms with Gasteiger partial charge in [0.25, 0.3) is 5.91 Å². The Bertz CT molecular complexity index is 1430. The zero-order valence-corrected chi connectivity index (χ0v) is 20.7. The van der Waals surface area contributed by atoms with Gasteiger partial charge in [0.05, 0.1) is 6.54 Å². The third-order valence-corrected chi connectivity index (χ3v) is 7.42. The minimum Gasteiger partial charge on any atom is -0.491 e. The highest BCUT2D eigenvalue weighted by molar-refractivity contribution is 5.98. The fraction of sp³-hybridized carbons (Fsp3) is 0.300. The maximum absolute atomic E-state index is 13.4.